The Balaban J connectivity index is 1.06. The van der Waals surface area contributed by atoms with E-state index in [4.69, 9.17) is 0 Å². The fraction of sp³-hybridized carbons (Fsp3) is 0.269. The van der Waals surface area contributed by atoms with Crippen LogP contribution in [0.5, 0.6) is 0 Å². The van der Waals surface area contributed by atoms with Crippen molar-refractivity contribution in [1.82, 2.24) is 24.3 Å². The SMILES string of the molecule is O=C(c1ccc2c(ccn2-c2ccc(F)cc2)c1)N1CC(N2CCN(C(=O)c3cscn3)CC2)C1. The zero-order valence-electron chi connectivity index (χ0n) is 19.0. The highest BCUT2D eigenvalue weighted by molar-refractivity contribution is 7.07. The van der Waals surface area contributed by atoms with Gasteiger partial charge >= 0.3 is 0 Å². The molecule has 35 heavy (non-hydrogen) atoms. The molecule has 4 aromatic rings. The molecule has 2 aliphatic heterocycles. The van der Waals surface area contributed by atoms with Crippen molar-refractivity contribution in [3.05, 3.63) is 82.7 Å². The average Bonchev–Trinajstić information content (AvgIpc) is 3.54. The molecule has 4 heterocycles. The number of thiazole rings is 1. The van der Waals surface area contributed by atoms with Crippen molar-refractivity contribution >= 4 is 34.1 Å². The van der Waals surface area contributed by atoms with Gasteiger partial charge in [0.25, 0.3) is 11.8 Å². The lowest BCUT2D eigenvalue weighted by Crippen LogP contribution is -2.64. The summed E-state index contributed by atoms with van der Waals surface area (Å²) in [5.74, 6) is -0.230. The first-order valence-corrected chi connectivity index (χ1v) is 12.6. The Morgan fingerprint density at radius 2 is 1.69 bits per heavy atom. The zero-order chi connectivity index (χ0) is 23.9. The molecule has 0 N–H and O–H groups in total. The fourth-order valence-electron chi connectivity index (χ4n) is 4.91. The average molecular weight is 490 g/mol. The smallest absolute Gasteiger partial charge is 0.273 e. The van der Waals surface area contributed by atoms with Crippen LogP contribution in [-0.4, -0.2) is 81.4 Å². The number of halogens is 1. The number of benzene rings is 2. The minimum atomic E-state index is -0.267. The maximum absolute atomic E-state index is 13.3. The number of fused-ring (bicyclic) bond motifs is 1. The second kappa shape index (κ2) is 8.90. The summed E-state index contributed by atoms with van der Waals surface area (Å²) in [7, 11) is 0. The maximum Gasteiger partial charge on any atom is 0.273 e. The van der Waals surface area contributed by atoms with Crippen molar-refractivity contribution in [1.29, 1.82) is 0 Å². The van der Waals surface area contributed by atoms with Gasteiger partial charge in [0.1, 0.15) is 11.5 Å². The molecule has 2 saturated heterocycles. The molecule has 0 spiro atoms. The summed E-state index contributed by atoms with van der Waals surface area (Å²) in [6.45, 7) is 4.39. The van der Waals surface area contributed by atoms with Crippen LogP contribution >= 0.6 is 11.3 Å². The van der Waals surface area contributed by atoms with E-state index < -0.39 is 0 Å². The first-order valence-electron chi connectivity index (χ1n) is 11.6. The van der Waals surface area contributed by atoms with Crippen molar-refractivity contribution in [2.45, 2.75) is 6.04 Å². The first-order chi connectivity index (χ1) is 17.1. The van der Waals surface area contributed by atoms with Gasteiger partial charge in [0.2, 0.25) is 0 Å². The van der Waals surface area contributed by atoms with Gasteiger partial charge in [0.05, 0.1) is 11.0 Å². The van der Waals surface area contributed by atoms with Crippen LogP contribution in [0.4, 0.5) is 4.39 Å². The Hall–Kier alpha value is -3.56. The Labute approximate surface area is 206 Å². The number of carbonyl (C=O) groups excluding carboxylic acids is 2. The van der Waals surface area contributed by atoms with E-state index in [1.165, 1.54) is 23.5 Å². The van der Waals surface area contributed by atoms with Crippen molar-refractivity contribution in [2.75, 3.05) is 39.3 Å². The number of amides is 2. The second-order valence-corrected chi connectivity index (χ2v) is 9.72. The second-order valence-electron chi connectivity index (χ2n) is 9.00. The molecule has 6 rings (SSSR count). The third-order valence-electron chi connectivity index (χ3n) is 6.96. The molecule has 7 nitrogen and oxygen atoms in total. The molecule has 0 aliphatic carbocycles. The Morgan fingerprint density at radius 3 is 2.40 bits per heavy atom. The molecule has 2 aliphatic rings. The summed E-state index contributed by atoms with van der Waals surface area (Å²) in [6.07, 6.45) is 1.94. The lowest BCUT2D eigenvalue weighted by atomic mass is 10.0. The molecule has 9 heteroatoms. The molecule has 2 amide bonds. The number of likely N-dealkylation sites (tertiary alicyclic amines) is 1. The molecule has 0 bridgehead atoms. The summed E-state index contributed by atoms with van der Waals surface area (Å²) in [5.41, 5.74) is 4.72. The normalized spacial score (nSPS) is 17.1. The van der Waals surface area contributed by atoms with Crippen LogP contribution in [-0.2, 0) is 0 Å². The molecule has 2 fully saturated rings. The van der Waals surface area contributed by atoms with E-state index in [-0.39, 0.29) is 17.6 Å². The summed E-state index contributed by atoms with van der Waals surface area (Å²) < 4.78 is 15.3. The predicted octanol–water partition coefficient (Wildman–Crippen LogP) is 3.51. The largest absolute Gasteiger partial charge is 0.335 e. The fourth-order valence-corrected chi connectivity index (χ4v) is 5.43. The quantitative estimate of drug-likeness (QED) is 0.440. The number of hydrogen-bond acceptors (Lipinski definition) is 5. The van der Waals surface area contributed by atoms with E-state index in [1.54, 1.807) is 23.0 Å². The summed E-state index contributed by atoms with van der Waals surface area (Å²) >= 11 is 1.43. The number of piperazine rings is 1. The summed E-state index contributed by atoms with van der Waals surface area (Å²) in [4.78, 5) is 35.8. The van der Waals surface area contributed by atoms with E-state index in [1.807, 2.05) is 44.8 Å². The van der Waals surface area contributed by atoms with Crippen molar-refractivity contribution in [2.24, 2.45) is 0 Å². The van der Waals surface area contributed by atoms with Crippen LogP contribution < -0.4 is 0 Å². The molecule has 178 valence electrons. The van der Waals surface area contributed by atoms with Crippen LogP contribution in [0.1, 0.15) is 20.8 Å². The Bertz CT molecular complexity index is 1370. The Kier molecular flexibility index (Phi) is 5.58. The topological polar surface area (TPSA) is 61.7 Å². The van der Waals surface area contributed by atoms with Crippen LogP contribution in [0, 0.1) is 5.82 Å². The van der Waals surface area contributed by atoms with Gasteiger partial charge in [-0.25, -0.2) is 9.37 Å². The van der Waals surface area contributed by atoms with Gasteiger partial charge in [-0.15, -0.1) is 11.3 Å². The molecule has 2 aromatic heterocycles. The molecule has 0 atom stereocenters. The standard InChI is InChI=1S/C26H24FN5O2S/c27-20-2-4-21(5-3-20)32-8-7-18-13-19(1-6-24(18)32)25(33)31-14-22(15-31)29-9-11-30(12-10-29)26(34)23-16-35-17-28-23/h1-8,13,16-17,22H,9-12,14-15H2. The van der Waals surface area contributed by atoms with E-state index in [0.29, 0.717) is 43.5 Å². The number of hydrogen-bond donors (Lipinski definition) is 0. The molecular formula is C26H24FN5O2S. The highest BCUT2D eigenvalue weighted by Crippen LogP contribution is 2.25. The molecule has 0 unspecified atom stereocenters. The van der Waals surface area contributed by atoms with Crippen molar-refractivity contribution < 1.29 is 14.0 Å². The third-order valence-corrected chi connectivity index (χ3v) is 7.55. The number of rotatable bonds is 4. The van der Waals surface area contributed by atoms with Crippen LogP contribution in [0.2, 0.25) is 0 Å². The zero-order valence-corrected chi connectivity index (χ0v) is 19.8. The van der Waals surface area contributed by atoms with E-state index in [0.717, 1.165) is 29.7 Å². The monoisotopic (exact) mass is 489 g/mol. The highest BCUT2D eigenvalue weighted by atomic mass is 32.1. The summed E-state index contributed by atoms with van der Waals surface area (Å²) in [6, 6.07) is 14.4. The lowest BCUT2D eigenvalue weighted by molar-refractivity contribution is 0.00845. The Morgan fingerprint density at radius 1 is 0.914 bits per heavy atom. The van der Waals surface area contributed by atoms with Crippen LogP contribution in [0.15, 0.2) is 65.6 Å². The summed E-state index contributed by atoms with van der Waals surface area (Å²) in [5, 5.41) is 2.76. The number of nitrogens with zero attached hydrogens (tertiary/aromatic N) is 5. The van der Waals surface area contributed by atoms with Crippen molar-refractivity contribution in [3.63, 3.8) is 0 Å². The maximum atomic E-state index is 13.3. The van der Waals surface area contributed by atoms with Gasteiger partial charge < -0.3 is 14.4 Å². The number of aromatic nitrogens is 2. The van der Waals surface area contributed by atoms with Gasteiger partial charge in [0.15, 0.2) is 0 Å². The van der Waals surface area contributed by atoms with Gasteiger partial charge in [0, 0.05) is 73.5 Å². The van der Waals surface area contributed by atoms with E-state index in [2.05, 4.69) is 9.88 Å². The van der Waals surface area contributed by atoms with Crippen LogP contribution in [0.25, 0.3) is 16.6 Å². The minimum Gasteiger partial charge on any atom is -0.335 e. The van der Waals surface area contributed by atoms with Crippen LogP contribution in [0.3, 0.4) is 0 Å². The number of carbonyl (C=O) groups is 2. The van der Waals surface area contributed by atoms with E-state index in [9.17, 15) is 14.0 Å². The minimum absolute atomic E-state index is 0.0000309. The van der Waals surface area contributed by atoms with Gasteiger partial charge in [-0.05, 0) is 48.5 Å². The van der Waals surface area contributed by atoms with Gasteiger partial charge in [-0.3, -0.25) is 14.5 Å². The predicted molar refractivity (Wildman–Crippen MR) is 133 cm³/mol. The van der Waals surface area contributed by atoms with Crippen molar-refractivity contribution in [3.8, 4) is 5.69 Å². The lowest BCUT2D eigenvalue weighted by Gasteiger charge is -2.48. The molecule has 0 radical (unpaired) electrons. The highest BCUT2D eigenvalue weighted by Gasteiger charge is 2.37. The molecular weight excluding hydrogens is 465 g/mol. The van der Waals surface area contributed by atoms with Gasteiger partial charge in [-0.2, -0.15) is 0 Å². The molecule has 2 aromatic carbocycles. The third kappa shape index (κ3) is 4.11. The van der Waals surface area contributed by atoms with Gasteiger partial charge in [-0.1, -0.05) is 0 Å². The first kappa shape index (κ1) is 21.9. The molecule has 0 saturated carbocycles. The van der Waals surface area contributed by atoms with E-state index >= 15 is 0 Å².